The lowest BCUT2D eigenvalue weighted by atomic mass is 10.1. The summed E-state index contributed by atoms with van der Waals surface area (Å²) >= 11 is 0. The second kappa shape index (κ2) is 7.77. The van der Waals surface area contributed by atoms with Crippen molar-refractivity contribution in [1.82, 2.24) is 19.8 Å². The van der Waals surface area contributed by atoms with Gasteiger partial charge in [-0.25, -0.2) is 9.97 Å². The van der Waals surface area contributed by atoms with Crippen molar-refractivity contribution < 1.29 is 33.0 Å². The van der Waals surface area contributed by atoms with Crippen molar-refractivity contribution in [3.05, 3.63) is 53.6 Å². The summed E-state index contributed by atoms with van der Waals surface area (Å²) in [6.07, 6.45) is 1.67. The largest absolute Gasteiger partial charge is 0.586 e. The number of ether oxygens (including phenoxy) is 2. The second-order valence-electron chi connectivity index (χ2n) is 8.14. The highest BCUT2D eigenvalue weighted by molar-refractivity contribution is 5.94. The molecule has 3 heterocycles. The molecule has 2 amide bonds. The third kappa shape index (κ3) is 4.36. The van der Waals surface area contributed by atoms with Gasteiger partial charge in [0.25, 0.3) is 5.91 Å². The third-order valence-corrected chi connectivity index (χ3v) is 5.81. The van der Waals surface area contributed by atoms with E-state index in [-0.39, 0.29) is 29.0 Å². The van der Waals surface area contributed by atoms with Crippen LogP contribution in [0.15, 0.2) is 36.7 Å². The first-order chi connectivity index (χ1) is 15.7. The lowest BCUT2D eigenvalue weighted by Crippen LogP contribution is -2.50. The number of benzene rings is 1. The summed E-state index contributed by atoms with van der Waals surface area (Å²) in [6.45, 7) is 1.34. The summed E-state index contributed by atoms with van der Waals surface area (Å²) in [4.78, 5) is 36.6. The molecule has 0 radical (unpaired) electrons. The Bertz CT molecular complexity index is 1140. The molecule has 172 valence electrons. The van der Waals surface area contributed by atoms with Gasteiger partial charge in [-0.15, -0.1) is 8.78 Å². The van der Waals surface area contributed by atoms with E-state index in [9.17, 15) is 23.5 Å². The molecule has 0 bridgehead atoms. The molecule has 1 aromatic heterocycles. The summed E-state index contributed by atoms with van der Waals surface area (Å²) in [6, 6.07) is 5.78. The molecule has 2 aliphatic heterocycles. The van der Waals surface area contributed by atoms with E-state index < -0.39 is 11.9 Å². The molecule has 1 aromatic carbocycles. The third-order valence-electron chi connectivity index (χ3n) is 5.81. The number of alkyl halides is 2. The summed E-state index contributed by atoms with van der Waals surface area (Å²) in [5.74, 6) is -0.692. The lowest BCUT2D eigenvalue weighted by Gasteiger charge is -2.34. The first-order valence-electron chi connectivity index (χ1n) is 10.4. The van der Waals surface area contributed by atoms with Crippen LogP contribution in [0.2, 0.25) is 0 Å². The number of fused-ring (bicyclic) bond motifs is 1. The van der Waals surface area contributed by atoms with Gasteiger partial charge in [0.15, 0.2) is 11.5 Å². The molecule has 2 aromatic rings. The molecule has 0 unspecified atom stereocenters. The van der Waals surface area contributed by atoms with E-state index in [1.807, 2.05) is 0 Å². The van der Waals surface area contributed by atoms with Gasteiger partial charge in [0.1, 0.15) is 17.6 Å². The predicted octanol–water partition coefficient (Wildman–Crippen LogP) is 1.78. The van der Waals surface area contributed by atoms with E-state index in [0.29, 0.717) is 50.3 Å². The first-order valence-corrected chi connectivity index (χ1v) is 10.4. The zero-order valence-corrected chi connectivity index (χ0v) is 17.4. The van der Waals surface area contributed by atoms with Gasteiger partial charge in [-0.05, 0) is 42.7 Å². The number of piperazine rings is 1. The number of aliphatic hydroxyl groups is 1. The predicted molar refractivity (Wildman–Crippen MR) is 109 cm³/mol. The van der Waals surface area contributed by atoms with Crippen LogP contribution in [0, 0.1) is 0 Å². The molecule has 3 aliphatic rings. The van der Waals surface area contributed by atoms with E-state index in [4.69, 9.17) is 0 Å². The van der Waals surface area contributed by atoms with Crippen molar-refractivity contribution in [2.75, 3.05) is 26.2 Å². The van der Waals surface area contributed by atoms with Crippen LogP contribution in [-0.4, -0.2) is 69.2 Å². The van der Waals surface area contributed by atoms with Crippen molar-refractivity contribution in [2.24, 2.45) is 0 Å². The van der Waals surface area contributed by atoms with Crippen LogP contribution in [-0.2, 0) is 10.4 Å². The molecule has 5 rings (SSSR count). The molecule has 1 aliphatic carbocycles. The number of nitrogens with zero attached hydrogens (tertiary/aromatic N) is 4. The Balaban J connectivity index is 1.17. The Labute approximate surface area is 187 Å². The van der Waals surface area contributed by atoms with Gasteiger partial charge in [-0.2, -0.15) is 0 Å². The molecule has 2 fully saturated rings. The van der Waals surface area contributed by atoms with Gasteiger partial charge >= 0.3 is 6.29 Å². The van der Waals surface area contributed by atoms with Crippen molar-refractivity contribution in [1.29, 1.82) is 0 Å². The average molecular weight is 458 g/mol. The molecule has 9 nitrogen and oxygen atoms in total. The van der Waals surface area contributed by atoms with Crippen molar-refractivity contribution in [3.8, 4) is 11.5 Å². The topological polar surface area (TPSA) is 105 Å². The maximum Gasteiger partial charge on any atom is 0.586 e. The van der Waals surface area contributed by atoms with Crippen LogP contribution in [0.25, 0.3) is 6.08 Å². The summed E-state index contributed by atoms with van der Waals surface area (Å²) in [5.41, 5.74) is 0.225. The Morgan fingerprint density at radius 2 is 1.70 bits per heavy atom. The van der Waals surface area contributed by atoms with Gasteiger partial charge in [-0.1, -0.05) is 6.07 Å². The van der Waals surface area contributed by atoms with Crippen molar-refractivity contribution in [2.45, 2.75) is 24.7 Å². The summed E-state index contributed by atoms with van der Waals surface area (Å²) in [7, 11) is 0. The minimum Gasteiger partial charge on any atom is -0.395 e. The maximum absolute atomic E-state index is 13.1. The second-order valence-corrected chi connectivity index (χ2v) is 8.14. The number of carbonyl (C=O) groups excluding carboxylic acids is 2. The molecule has 1 saturated carbocycles. The normalized spacial score (nSPS) is 20.2. The van der Waals surface area contributed by atoms with Crippen LogP contribution in [0.3, 0.4) is 0 Å². The molecule has 11 heteroatoms. The number of hydrogen-bond donors (Lipinski definition) is 1. The molecule has 1 N–H and O–H groups in total. The molecule has 1 saturated heterocycles. The SMILES string of the molecule is O=C(/C=C/c1ccc2c(c1)OC(F)(F)O2)N1CCN(C(=O)c2cc(C3(O)CC3)ncn2)CC1. The van der Waals surface area contributed by atoms with Crippen LogP contribution in [0.1, 0.15) is 34.6 Å². The smallest absolute Gasteiger partial charge is 0.395 e. The molecular formula is C22H20F2N4O5. The maximum atomic E-state index is 13.1. The minimum atomic E-state index is -3.69. The molecule has 0 spiro atoms. The van der Waals surface area contributed by atoms with Crippen LogP contribution >= 0.6 is 0 Å². The highest BCUT2D eigenvalue weighted by Crippen LogP contribution is 2.44. The van der Waals surface area contributed by atoms with E-state index in [1.54, 1.807) is 9.80 Å². The van der Waals surface area contributed by atoms with Gasteiger partial charge in [0.2, 0.25) is 5.91 Å². The Hall–Kier alpha value is -3.60. The number of amides is 2. The van der Waals surface area contributed by atoms with E-state index in [1.165, 1.54) is 42.7 Å². The van der Waals surface area contributed by atoms with Crippen LogP contribution in [0.4, 0.5) is 8.78 Å². The number of hydrogen-bond acceptors (Lipinski definition) is 7. The quantitative estimate of drug-likeness (QED) is 0.697. The van der Waals surface area contributed by atoms with Crippen molar-refractivity contribution in [3.63, 3.8) is 0 Å². The zero-order valence-electron chi connectivity index (χ0n) is 17.4. The van der Waals surface area contributed by atoms with Gasteiger partial charge in [-0.3, -0.25) is 9.59 Å². The highest BCUT2D eigenvalue weighted by Gasteiger charge is 2.44. The number of carbonyl (C=O) groups is 2. The minimum absolute atomic E-state index is 0.0636. The number of rotatable bonds is 4. The van der Waals surface area contributed by atoms with E-state index >= 15 is 0 Å². The van der Waals surface area contributed by atoms with Crippen LogP contribution < -0.4 is 9.47 Å². The Kier molecular flexibility index (Phi) is 5.00. The fraction of sp³-hybridized carbons (Fsp3) is 0.364. The van der Waals surface area contributed by atoms with Gasteiger partial charge < -0.3 is 24.4 Å². The fourth-order valence-corrected chi connectivity index (χ4v) is 3.74. The molecule has 33 heavy (non-hydrogen) atoms. The molecule has 0 atom stereocenters. The molecular weight excluding hydrogens is 438 g/mol. The summed E-state index contributed by atoms with van der Waals surface area (Å²) in [5, 5.41) is 10.2. The Morgan fingerprint density at radius 1 is 1.00 bits per heavy atom. The Morgan fingerprint density at radius 3 is 2.42 bits per heavy atom. The summed E-state index contributed by atoms with van der Waals surface area (Å²) < 4.78 is 35.0. The fourth-order valence-electron chi connectivity index (χ4n) is 3.74. The lowest BCUT2D eigenvalue weighted by molar-refractivity contribution is -0.286. The standard InChI is InChI=1S/C22H20F2N4O5/c23-22(24)32-16-3-1-14(11-17(16)33-22)2-4-19(29)27-7-9-28(10-8-27)20(30)15-12-18(26-13-25-15)21(31)5-6-21/h1-4,11-13,31H,5-10H2/b4-2+. The zero-order chi connectivity index (χ0) is 23.2. The van der Waals surface area contributed by atoms with E-state index in [2.05, 4.69) is 19.4 Å². The average Bonchev–Trinajstić information content (AvgIpc) is 3.48. The van der Waals surface area contributed by atoms with Crippen LogP contribution in [0.5, 0.6) is 11.5 Å². The number of halogens is 2. The highest BCUT2D eigenvalue weighted by atomic mass is 19.3. The first kappa shape index (κ1) is 21.3. The van der Waals surface area contributed by atoms with Crippen molar-refractivity contribution >= 4 is 17.9 Å². The van der Waals surface area contributed by atoms with Gasteiger partial charge in [0, 0.05) is 32.3 Å². The van der Waals surface area contributed by atoms with E-state index in [0.717, 1.165) is 0 Å². The van der Waals surface area contributed by atoms with Gasteiger partial charge in [0.05, 0.1) is 5.69 Å². The monoisotopic (exact) mass is 458 g/mol. The number of aromatic nitrogens is 2.